The van der Waals surface area contributed by atoms with Gasteiger partial charge in [-0.1, -0.05) is 0 Å². The summed E-state index contributed by atoms with van der Waals surface area (Å²) in [5.41, 5.74) is -4.31. The first-order valence-electron chi connectivity index (χ1n) is 5.83. The molecule has 0 aliphatic heterocycles. The van der Waals surface area contributed by atoms with Gasteiger partial charge in [0.15, 0.2) is 0 Å². The highest BCUT2D eigenvalue weighted by molar-refractivity contribution is 8.00. The van der Waals surface area contributed by atoms with Crippen molar-refractivity contribution in [2.24, 2.45) is 0 Å². The third-order valence-electron chi connectivity index (χ3n) is 2.36. The van der Waals surface area contributed by atoms with Gasteiger partial charge in [0.05, 0.1) is 25.7 Å². The first-order chi connectivity index (χ1) is 9.80. The van der Waals surface area contributed by atoms with Crippen molar-refractivity contribution in [3.05, 3.63) is 23.3 Å². The largest absolute Gasteiger partial charge is 0.495 e. The van der Waals surface area contributed by atoms with Gasteiger partial charge in [-0.3, -0.25) is 4.79 Å². The number of nitrogens with zero attached hydrogens (tertiary/aromatic N) is 1. The number of ether oxygens (including phenoxy) is 2. The van der Waals surface area contributed by atoms with Crippen LogP contribution in [0.2, 0.25) is 0 Å². The number of rotatable bonds is 5. The summed E-state index contributed by atoms with van der Waals surface area (Å²) < 4.78 is 47.0. The second-order valence-electron chi connectivity index (χ2n) is 3.80. The highest BCUT2D eigenvalue weighted by Crippen LogP contribution is 2.39. The number of methoxy groups -OCH3 is 1. The summed E-state index contributed by atoms with van der Waals surface area (Å²) in [6.45, 7) is 1.76. The monoisotopic (exact) mass is 319 g/mol. The van der Waals surface area contributed by atoms with E-state index in [-0.39, 0.29) is 46.6 Å². The van der Waals surface area contributed by atoms with Crippen LogP contribution >= 0.6 is 11.8 Å². The summed E-state index contributed by atoms with van der Waals surface area (Å²) in [5, 5.41) is 9.09. The summed E-state index contributed by atoms with van der Waals surface area (Å²) >= 11 is -0.337. The molecule has 0 atom stereocenters. The molecule has 0 bridgehead atoms. The molecule has 0 saturated carbocycles. The number of esters is 1. The van der Waals surface area contributed by atoms with Crippen molar-refractivity contribution in [2.45, 2.75) is 23.7 Å². The molecular formula is C13H12F3NO3S. The molecular weight excluding hydrogens is 307 g/mol. The molecule has 0 aromatic heterocycles. The number of thioether (sulfide) groups is 1. The van der Waals surface area contributed by atoms with E-state index in [0.29, 0.717) is 0 Å². The fourth-order valence-electron chi connectivity index (χ4n) is 1.63. The summed E-state index contributed by atoms with van der Waals surface area (Å²) in [4.78, 5) is 11.3. The number of hydrogen-bond donors (Lipinski definition) is 0. The minimum atomic E-state index is -4.47. The van der Waals surface area contributed by atoms with Crippen LogP contribution in [0.15, 0.2) is 17.0 Å². The second kappa shape index (κ2) is 7.22. The van der Waals surface area contributed by atoms with Gasteiger partial charge in [-0.05, 0) is 36.4 Å². The Morgan fingerprint density at radius 2 is 2.10 bits per heavy atom. The van der Waals surface area contributed by atoms with Crippen LogP contribution in [0, 0.1) is 11.3 Å². The van der Waals surface area contributed by atoms with Gasteiger partial charge in [0, 0.05) is 4.90 Å². The SMILES string of the molecule is CCOC(=O)Cc1cc(SC(F)(F)F)cc(OC)c1C#N. The predicted molar refractivity (Wildman–Crippen MR) is 70.0 cm³/mol. The Hall–Kier alpha value is -1.88. The molecule has 1 aromatic rings. The van der Waals surface area contributed by atoms with E-state index in [1.807, 2.05) is 6.07 Å². The maximum Gasteiger partial charge on any atom is 0.446 e. The van der Waals surface area contributed by atoms with Crippen LogP contribution in [-0.2, 0) is 16.0 Å². The molecule has 0 unspecified atom stereocenters. The van der Waals surface area contributed by atoms with Crippen molar-refractivity contribution >= 4 is 17.7 Å². The van der Waals surface area contributed by atoms with Crippen molar-refractivity contribution in [3.8, 4) is 11.8 Å². The van der Waals surface area contributed by atoms with E-state index in [0.717, 1.165) is 12.1 Å². The summed E-state index contributed by atoms with van der Waals surface area (Å²) in [5.74, 6) is -0.628. The predicted octanol–water partition coefficient (Wildman–Crippen LogP) is 3.28. The Bertz CT molecular complexity index is 567. The molecule has 1 aromatic carbocycles. The normalized spacial score (nSPS) is 10.9. The van der Waals surface area contributed by atoms with Gasteiger partial charge in [0.25, 0.3) is 0 Å². The van der Waals surface area contributed by atoms with Crippen LogP contribution in [0.5, 0.6) is 5.75 Å². The van der Waals surface area contributed by atoms with Crippen LogP contribution in [0.1, 0.15) is 18.1 Å². The van der Waals surface area contributed by atoms with Crippen LogP contribution in [0.4, 0.5) is 13.2 Å². The Balaban J connectivity index is 3.22. The lowest BCUT2D eigenvalue weighted by Crippen LogP contribution is -2.10. The zero-order chi connectivity index (χ0) is 16.0. The van der Waals surface area contributed by atoms with Crippen molar-refractivity contribution in [3.63, 3.8) is 0 Å². The first-order valence-corrected chi connectivity index (χ1v) is 6.64. The highest BCUT2D eigenvalue weighted by Gasteiger charge is 2.30. The van der Waals surface area contributed by atoms with Gasteiger partial charge >= 0.3 is 11.5 Å². The van der Waals surface area contributed by atoms with Gasteiger partial charge in [-0.15, -0.1) is 0 Å². The molecule has 0 spiro atoms. The molecule has 0 amide bonds. The Morgan fingerprint density at radius 3 is 2.57 bits per heavy atom. The maximum atomic E-state index is 12.4. The van der Waals surface area contributed by atoms with E-state index in [9.17, 15) is 18.0 Å². The van der Waals surface area contributed by atoms with E-state index >= 15 is 0 Å². The second-order valence-corrected chi connectivity index (χ2v) is 4.94. The van der Waals surface area contributed by atoms with E-state index in [1.165, 1.54) is 7.11 Å². The number of alkyl halides is 3. The topological polar surface area (TPSA) is 59.3 Å². The van der Waals surface area contributed by atoms with Crippen LogP contribution < -0.4 is 4.74 Å². The molecule has 0 aliphatic carbocycles. The smallest absolute Gasteiger partial charge is 0.446 e. The molecule has 1 rings (SSSR count). The first kappa shape index (κ1) is 17.2. The number of hydrogen-bond acceptors (Lipinski definition) is 5. The number of carbonyl (C=O) groups is 1. The Labute approximate surface area is 123 Å². The van der Waals surface area contributed by atoms with Gasteiger partial charge in [-0.2, -0.15) is 18.4 Å². The maximum absolute atomic E-state index is 12.4. The van der Waals surface area contributed by atoms with Crippen LogP contribution in [0.3, 0.4) is 0 Å². The standard InChI is InChI=1S/C13H12F3NO3S/c1-3-20-12(18)5-8-4-9(21-13(14,15)16)6-11(19-2)10(8)7-17/h4,6H,3,5H2,1-2H3. The molecule has 0 fully saturated rings. The van der Waals surface area contributed by atoms with E-state index in [1.54, 1.807) is 6.92 Å². The van der Waals surface area contributed by atoms with E-state index in [2.05, 4.69) is 0 Å². The summed E-state index contributed by atoms with van der Waals surface area (Å²) in [7, 11) is 1.24. The highest BCUT2D eigenvalue weighted by atomic mass is 32.2. The van der Waals surface area contributed by atoms with Crippen LogP contribution in [-0.4, -0.2) is 25.2 Å². The van der Waals surface area contributed by atoms with Gasteiger partial charge in [0.1, 0.15) is 11.8 Å². The lowest BCUT2D eigenvalue weighted by molar-refractivity contribution is -0.142. The number of halogens is 3. The molecule has 8 heteroatoms. The third-order valence-corrected chi connectivity index (χ3v) is 3.07. The van der Waals surface area contributed by atoms with Crippen molar-refractivity contribution in [1.29, 1.82) is 5.26 Å². The lowest BCUT2D eigenvalue weighted by atomic mass is 10.0. The zero-order valence-electron chi connectivity index (χ0n) is 11.3. The van der Waals surface area contributed by atoms with Crippen molar-refractivity contribution < 1.29 is 27.4 Å². The molecule has 0 heterocycles. The fraction of sp³-hybridized carbons (Fsp3) is 0.385. The molecule has 114 valence electrons. The van der Waals surface area contributed by atoms with Crippen molar-refractivity contribution in [2.75, 3.05) is 13.7 Å². The average Bonchev–Trinajstić information content (AvgIpc) is 2.36. The Kier molecular flexibility index (Phi) is 5.90. The third kappa shape index (κ3) is 5.19. The lowest BCUT2D eigenvalue weighted by Gasteiger charge is -2.12. The quantitative estimate of drug-likeness (QED) is 0.616. The minimum Gasteiger partial charge on any atom is -0.495 e. The molecule has 0 radical (unpaired) electrons. The summed E-state index contributed by atoms with van der Waals surface area (Å²) in [6.07, 6.45) is -0.292. The van der Waals surface area contributed by atoms with Gasteiger partial charge in [0.2, 0.25) is 0 Å². The average molecular weight is 319 g/mol. The number of carbonyl (C=O) groups excluding carboxylic acids is 1. The fourth-order valence-corrected chi connectivity index (χ4v) is 2.27. The molecule has 0 N–H and O–H groups in total. The number of nitriles is 1. The van der Waals surface area contributed by atoms with E-state index in [4.69, 9.17) is 14.7 Å². The Morgan fingerprint density at radius 1 is 1.43 bits per heavy atom. The zero-order valence-corrected chi connectivity index (χ0v) is 12.1. The van der Waals surface area contributed by atoms with Gasteiger partial charge < -0.3 is 9.47 Å². The van der Waals surface area contributed by atoms with Crippen molar-refractivity contribution in [1.82, 2.24) is 0 Å². The molecule has 21 heavy (non-hydrogen) atoms. The number of benzene rings is 1. The molecule has 0 saturated heterocycles. The van der Waals surface area contributed by atoms with Crippen LogP contribution in [0.25, 0.3) is 0 Å². The molecule has 4 nitrogen and oxygen atoms in total. The van der Waals surface area contributed by atoms with Gasteiger partial charge in [-0.25, -0.2) is 0 Å². The summed E-state index contributed by atoms with van der Waals surface area (Å²) in [6, 6.07) is 4.09. The molecule has 0 aliphatic rings. The van der Waals surface area contributed by atoms with E-state index < -0.39 is 11.5 Å². The minimum absolute atomic E-state index is 0.00829.